The van der Waals surface area contributed by atoms with Crippen LogP contribution in [-0.4, -0.2) is 50.3 Å². The summed E-state index contributed by atoms with van der Waals surface area (Å²) in [6.45, 7) is 1.88. The first-order valence-corrected chi connectivity index (χ1v) is 6.45. The molecule has 2 N–H and O–H groups in total. The Balaban J connectivity index is 0.00000200. The van der Waals surface area contributed by atoms with Gasteiger partial charge >= 0.3 is 0 Å². The van der Waals surface area contributed by atoms with Gasteiger partial charge in [0.1, 0.15) is 12.4 Å². The number of nitrogens with two attached hydrogens (primary N) is 1. The Morgan fingerprint density at radius 2 is 2.10 bits per heavy atom. The normalized spacial score (nSPS) is 18.6. The second-order valence-electron chi connectivity index (χ2n) is 4.61. The minimum absolute atomic E-state index is 0. The molecular formula is C14H21ClN2O3. The first kappa shape index (κ1) is 16.8. The van der Waals surface area contributed by atoms with E-state index in [1.165, 1.54) is 5.56 Å². The molecule has 0 radical (unpaired) electrons. The number of benzene rings is 1. The Labute approximate surface area is 125 Å². The van der Waals surface area contributed by atoms with Crippen LogP contribution in [0.4, 0.5) is 0 Å². The second kappa shape index (κ2) is 8.09. The lowest BCUT2D eigenvalue weighted by Gasteiger charge is -2.32. The van der Waals surface area contributed by atoms with Crippen molar-refractivity contribution in [2.45, 2.75) is 12.5 Å². The van der Waals surface area contributed by atoms with E-state index < -0.39 is 0 Å². The highest BCUT2D eigenvalue weighted by atomic mass is 35.5. The van der Waals surface area contributed by atoms with E-state index in [0.717, 1.165) is 12.2 Å². The molecule has 112 valence electrons. The molecular weight excluding hydrogens is 280 g/mol. The van der Waals surface area contributed by atoms with Gasteiger partial charge < -0.3 is 20.1 Å². The van der Waals surface area contributed by atoms with Crippen LogP contribution in [0.1, 0.15) is 5.56 Å². The summed E-state index contributed by atoms with van der Waals surface area (Å²) < 4.78 is 10.4. The molecule has 1 amide bonds. The van der Waals surface area contributed by atoms with Crippen LogP contribution in [0.3, 0.4) is 0 Å². The lowest BCUT2D eigenvalue weighted by Crippen LogP contribution is -2.49. The monoisotopic (exact) mass is 300 g/mol. The molecule has 0 saturated carbocycles. The number of rotatable bonds is 5. The number of hydrogen-bond donors (Lipinski definition) is 1. The van der Waals surface area contributed by atoms with Crippen molar-refractivity contribution in [2.75, 3.05) is 33.4 Å². The minimum Gasteiger partial charge on any atom is -0.497 e. The van der Waals surface area contributed by atoms with Crippen molar-refractivity contribution in [1.82, 2.24) is 4.90 Å². The van der Waals surface area contributed by atoms with Crippen LogP contribution in [0, 0.1) is 0 Å². The van der Waals surface area contributed by atoms with E-state index in [-0.39, 0.29) is 31.0 Å². The predicted molar refractivity (Wildman–Crippen MR) is 79.3 cm³/mol. The standard InChI is InChI=1S/C14H20N2O3.ClH/c1-18-12-4-2-11(3-5-12)6-7-16-9-13(8-15)19-10-14(16)17;/h2-5,13H,6-10,15H2,1H3;1H. The fourth-order valence-electron chi connectivity index (χ4n) is 2.10. The van der Waals surface area contributed by atoms with Crippen LogP contribution in [0.2, 0.25) is 0 Å². The van der Waals surface area contributed by atoms with E-state index in [2.05, 4.69) is 0 Å². The highest BCUT2D eigenvalue weighted by molar-refractivity contribution is 5.85. The number of hydrogen-bond acceptors (Lipinski definition) is 4. The van der Waals surface area contributed by atoms with E-state index >= 15 is 0 Å². The molecule has 1 aliphatic heterocycles. The number of halogens is 1. The van der Waals surface area contributed by atoms with E-state index in [9.17, 15) is 4.79 Å². The van der Waals surface area contributed by atoms with Gasteiger partial charge in [0.25, 0.3) is 0 Å². The average molecular weight is 301 g/mol. The van der Waals surface area contributed by atoms with E-state index in [1.54, 1.807) is 7.11 Å². The maximum Gasteiger partial charge on any atom is 0.248 e. The zero-order valence-electron chi connectivity index (χ0n) is 11.6. The molecule has 5 nitrogen and oxygen atoms in total. The number of methoxy groups -OCH3 is 1. The lowest BCUT2D eigenvalue weighted by molar-refractivity contribution is -0.148. The zero-order valence-corrected chi connectivity index (χ0v) is 12.4. The summed E-state index contributed by atoms with van der Waals surface area (Å²) in [5, 5.41) is 0. The summed E-state index contributed by atoms with van der Waals surface area (Å²) in [7, 11) is 1.65. The fraction of sp³-hybridized carbons (Fsp3) is 0.500. The van der Waals surface area contributed by atoms with Crippen molar-refractivity contribution in [1.29, 1.82) is 0 Å². The third-order valence-electron chi connectivity index (χ3n) is 3.31. The van der Waals surface area contributed by atoms with Crippen LogP contribution in [-0.2, 0) is 16.0 Å². The van der Waals surface area contributed by atoms with Crippen molar-refractivity contribution in [3.05, 3.63) is 29.8 Å². The number of amides is 1. The third kappa shape index (κ3) is 4.37. The summed E-state index contributed by atoms with van der Waals surface area (Å²) in [6.07, 6.45) is 0.793. The molecule has 0 aliphatic carbocycles. The fourth-order valence-corrected chi connectivity index (χ4v) is 2.10. The van der Waals surface area contributed by atoms with Gasteiger partial charge in [-0.3, -0.25) is 4.79 Å². The summed E-state index contributed by atoms with van der Waals surface area (Å²) in [6, 6.07) is 7.90. The van der Waals surface area contributed by atoms with Crippen LogP contribution in [0.25, 0.3) is 0 Å². The SMILES string of the molecule is COc1ccc(CCN2CC(CN)OCC2=O)cc1.Cl. The van der Waals surface area contributed by atoms with E-state index in [0.29, 0.717) is 19.6 Å². The van der Waals surface area contributed by atoms with Gasteiger partial charge in [-0.2, -0.15) is 0 Å². The second-order valence-corrected chi connectivity index (χ2v) is 4.61. The quantitative estimate of drug-likeness (QED) is 0.875. The molecule has 1 unspecified atom stereocenters. The first-order chi connectivity index (χ1) is 9.22. The maximum absolute atomic E-state index is 11.7. The molecule has 1 saturated heterocycles. The van der Waals surface area contributed by atoms with Crippen molar-refractivity contribution >= 4 is 18.3 Å². The van der Waals surface area contributed by atoms with Crippen LogP contribution in [0.15, 0.2) is 24.3 Å². The van der Waals surface area contributed by atoms with Gasteiger partial charge in [0, 0.05) is 19.6 Å². The van der Waals surface area contributed by atoms with Crippen LogP contribution in [0.5, 0.6) is 5.75 Å². The summed E-state index contributed by atoms with van der Waals surface area (Å²) in [5.74, 6) is 0.882. The van der Waals surface area contributed by atoms with Gasteiger partial charge in [-0.25, -0.2) is 0 Å². The number of morpholine rings is 1. The number of carbonyl (C=O) groups is 1. The number of carbonyl (C=O) groups excluding carboxylic acids is 1. The topological polar surface area (TPSA) is 64.8 Å². The molecule has 1 aliphatic rings. The lowest BCUT2D eigenvalue weighted by atomic mass is 10.1. The summed E-state index contributed by atoms with van der Waals surface area (Å²) in [5.41, 5.74) is 6.76. The molecule has 1 aromatic rings. The highest BCUT2D eigenvalue weighted by Crippen LogP contribution is 2.13. The van der Waals surface area contributed by atoms with Crippen molar-refractivity contribution < 1.29 is 14.3 Å². The molecule has 0 bridgehead atoms. The Morgan fingerprint density at radius 1 is 1.40 bits per heavy atom. The Bertz CT molecular complexity index is 425. The van der Waals surface area contributed by atoms with Gasteiger partial charge in [0.2, 0.25) is 5.91 Å². The molecule has 6 heteroatoms. The van der Waals surface area contributed by atoms with Crippen molar-refractivity contribution in [3.8, 4) is 5.75 Å². The maximum atomic E-state index is 11.7. The molecule has 1 aromatic carbocycles. The largest absolute Gasteiger partial charge is 0.497 e. The molecule has 1 fully saturated rings. The summed E-state index contributed by atoms with van der Waals surface area (Å²) in [4.78, 5) is 13.5. The average Bonchev–Trinajstić information content (AvgIpc) is 2.47. The summed E-state index contributed by atoms with van der Waals surface area (Å²) >= 11 is 0. The Kier molecular flexibility index (Phi) is 6.78. The molecule has 0 aromatic heterocycles. The molecule has 2 rings (SSSR count). The molecule has 1 atom stereocenters. The van der Waals surface area contributed by atoms with Crippen LogP contribution < -0.4 is 10.5 Å². The Morgan fingerprint density at radius 3 is 2.70 bits per heavy atom. The molecule has 20 heavy (non-hydrogen) atoms. The smallest absolute Gasteiger partial charge is 0.248 e. The molecule has 1 heterocycles. The highest BCUT2D eigenvalue weighted by Gasteiger charge is 2.24. The van der Waals surface area contributed by atoms with E-state index in [4.69, 9.17) is 15.2 Å². The van der Waals surface area contributed by atoms with Gasteiger partial charge in [0.05, 0.1) is 13.2 Å². The van der Waals surface area contributed by atoms with Gasteiger partial charge in [-0.15, -0.1) is 12.4 Å². The van der Waals surface area contributed by atoms with Crippen molar-refractivity contribution in [3.63, 3.8) is 0 Å². The van der Waals surface area contributed by atoms with E-state index in [1.807, 2.05) is 29.2 Å². The third-order valence-corrected chi connectivity index (χ3v) is 3.31. The Hall–Kier alpha value is -1.30. The van der Waals surface area contributed by atoms with Gasteiger partial charge in [-0.05, 0) is 24.1 Å². The first-order valence-electron chi connectivity index (χ1n) is 6.45. The van der Waals surface area contributed by atoms with Crippen LogP contribution >= 0.6 is 12.4 Å². The predicted octanol–water partition coefficient (Wildman–Crippen LogP) is 0.846. The number of nitrogens with zero attached hydrogens (tertiary/aromatic N) is 1. The zero-order chi connectivity index (χ0) is 13.7. The van der Waals surface area contributed by atoms with Gasteiger partial charge in [0.15, 0.2) is 0 Å². The number of ether oxygens (including phenoxy) is 2. The van der Waals surface area contributed by atoms with Gasteiger partial charge in [-0.1, -0.05) is 12.1 Å². The molecule has 0 spiro atoms. The minimum atomic E-state index is -0.0337. The van der Waals surface area contributed by atoms with Crippen molar-refractivity contribution in [2.24, 2.45) is 5.73 Å².